The lowest BCUT2D eigenvalue weighted by Crippen LogP contribution is -2.44. The molecule has 0 aliphatic carbocycles. The molecule has 0 saturated carbocycles. The van der Waals surface area contributed by atoms with E-state index in [1.807, 2.05) is 19.1 Å². The Hall–Kier alpha value is -1.26. The first-order chi connectivity index (χ1) is 8.70. The maximum Gasteiger partial charge on any atom is 0.122 e. The summed E-state index contributed by atoms with van der Waals surface area (Å²) in [6.07, 6.45) is 0.914. The van der Waals surface area contributed by atoms with E-state index in [9.17, 15) is 5.11 Å². The van der Waals surface area contributed by atoms with Gasteiger partial charge in [-0.1, -0.05) is 0 Å². The molecule has 1 saturated heterocycles. The van der Waals surface area contributed by atoms with Gasteiger partial charge in [0.2, 0.25) is 0 Å². The van der Waals surface area contributed by atoms with Crippen LogP contribution in [0.4, 0.5) is 0 Å². The Morgan fingerprint density at radius 3 is 2.72 bits per heavy atom. The average Bonchev–Trinajstić information content (AvgIpc) is 2.41. The number of nitrogens with one attached hydrogen (secondary N) is 1. The van der Waals surface area contributed by atoms with Crippen LogP contribution in [-0.4, -0.2) is 49.8 Å². The first-order valence-electron chi connectivity index (χ1n) is 6.50. The minimum absolute atomic E-state index is 0.353. The number of benzene rings is 1. The predicted octanol–water partition coefficient (Wildman–Crippen LogP) is 1.16. The van der Waals surface area contributed by atoms with Crippen molar-refractivity contribution in [3.05, 3.63) is 23.3 Å². The third-order valence-corrected chi connectivity index (χ3v) is 3.51. The van der Waals surface area contributed by atoms with E-state index >= 15 is 0 Å². The Bertz CT molecular complexity index is 401. The molecule has 0 amide bonds. The Labute approximate surface area is 109 Å². The molecule has 0 unspecified atom stereocenters. The van der Waals surface area contributed by atoms with E-state index in [1.165, 1.54) is 0 Å². The van der Waals surface area contributed by atoms with E-state index < -0.39 is 0 Å². The fourth-order valence-electron chi connectivity index (χ4n) is 2.31. The van der Waals surface area contributed by atoms with Crippen molar-refractivity contribution in [2.45, 2.75) is 13.3 Å². The third-order valence-electron chi connectivity index (χ3n) is 3.51. The van der Waals surface area contributed by atoms with Gasteiger partial charge in [0.15, 0.2) is 0 Å². The van der Waals surface area contributed by atoms with Gasteiger partial charge in [-0.3, -0.25) is 0 Å². The van der Waals surface area contributed by atoms with E-state index in [0.29, 0.717) is 5.75 Å². The normalized spacial score (nSPS) is 16.8. The van der Waals surface area contributed by atoms with E-state index in [4.69, 9.17) is 4.74 Å². The standard InChI is InChI=1S/C14H22N2O2/c1-11-9-14(18-2)12(10-13(11)17)3-6-16-7-4-15-5-8-16/h9-10,15,17H,3-8H2,1-2H3. The molecule has 18 heavy (non-hydrogen) atoms. The zero-order chi connectivity index (χ0) is 13.0. The molecule has 1 aliphatic rings. The topological polar surface area (TPSA) is 44.7 Å². The number of aromatic hydroxyl groups is 1. The Balaban J connectivity index is 2.01. The summed E-state index contributed by atoms with van der Waals surface area (Å²) in [5.41, 5.74) is 1.94. The summed E-state index contributed by atoms with van der Waals surface area (Å²) in [6.45, 7) is 7.23. The second-order valence-electron chi connectivity index (χ2n) is 4.79. The number of phenolic OH excluding ortho intramolecular Hbond substituents is 1. The van der Waals surface area contributed by atoms with Crippen molar-refractivity contribution < 1.29 is 9.84 Å². The average molecular weight is 250 g/mol. The Morgan fingerprint density at radius 1 is 1.33 bits per heavy atom. The third kappa shape index (κ3) is 3.15. The molecule has 0 radical (unpaired) electrons. The molecule has 4 heteroatoms. The first kappa shape index (κ1) is 13.2. The van der Waals surface area contributed by atoms with Crippen LogP contribution >= 0.6 is 0 Å². The smallest absolute Gasteiger partial charge is 0.122 e. The molecular weight excluding hydrogens is 228 g/mol. The highest BCUT2D eigenvalue weighted by Crippen LogP contribution is 2.27. The van der Waals surface area contributed by atoms with Gasteiger partial charge in [-0.2, -0.15) is 0 Å². The number of phenols is 1. The van der Waals surface area contributed by atoms with Crippen molar-refractivity contribution in [1.82, 2.24) is 10.2 Å². The van der Waals surface area contributed by atoms with E-state index in [0.717, 1.165) is 56.0 Å². The molecule has 0 spiro atoms. The summed E-state index contributed by atoms with van der Waals surface area (Å²) in [5.74, 6) is 1.23. The summed E-state index contributed by atoms with van der Waals surface area (Å²) in [6, 6.07) is 3.73. The van der Waals surface area contributed by atoms with Gasteiger partial charge < -0.3 is 20.1 Å². The second kappa shape index (κ2) is 6.07. The van der Waals surface area contributed by atoms with Crippen LogP contribution in [0.25, 0.3) is 0 Å². The van der Waals surface area contributed by atoms with Gasteiger partial charge in [0.05, 0.1) is 7.11 Å². The molecule has 1 aromatic carbocycles. The monoisotopic (exact) mass is 250 g/mol. The summed E-state index contributed by atoms with van der Waals surface area (Å²) < 4.78 is 5.38. The lowest BCUT2D eigenvalue weighted by Gasteiger charge is -2.27. The van der Waals surface area contributed by atoms with E-state index in [-0.39, 0.29) is 0 Å². The number of aryl methyl sites for hydroxylation is 1. The molecule has 0 aromatic heterocycles. The highest BCUT2D eigenvalue weighted by molar-refractivity contribution is 5.45. The van der Waals surface area contributed by atoms with Crippen LogP contribution in [0.2, 0.25) is 0 Å². The summed E-state index contributed by atoms with van der Waals surface area (Å²) in [4.78, 5) is 2.44. The van der Waals surface area contributed by atoms with Gasteiger partial charge in [-0.05, 0) is 36.6 Å². The van der Waals surface area contributed by atoms with Gasteiger partial charge in [-0.15, -0.1) is 0 Å². The summed E-state index contributed by atoms with van der Waals surface area (Å²) >= 11 is 0. The minimum atomic E-state index is 0.353. The molecule has 100 valence electrons. The quantitative estimate of drug-likeness (QED) is 0.841. The molecule has 0 bridgehead atoms. The number of methoxy groups -OCH3 is 1. The lowest BCUT2D eigenvalue weighted by molar-refractivity contribution is 0.243. The lowest BCUT2D eigenvalue weighted by atomic mass is 10.1. The second-order valence-corrected chi connectivity index (χ2v) is 4.79. The molecule has 1 aliphatic heterocycles. The van der Waals surface area contributed by atoms with Crippen molar-refractivity contribution in [1.29, 1.82) is 0 Å². The molecule has 1 heterocycles. The van der Waals surface area contributed by atoms with E-state index in [2.05, 4.69) is 10.2 Å². The zero-order valence-corrected chi connectivity index (χ0v) is 11.2. The number of rotatable bonds is 4. The number of piperazine rings is 1. The summed E-state index contributed by atoms with van der Waals surface area (Å²) in [7, 11) is 1.68. The molecule has 1 aromatic rings. The van der Waals surface area contributed by atoms with Gasteiger partial charge in [0.1, 0.15) is 11.5 Å². The fraction of sp³-hybridized carbons (Fsp3) is 0.571. The van der Waals surface area contributed by atoms with E-state index in [1.54, 1.807) is 7.11 Å². The van der Waals surface area contributed by atoms with Crippen molar-refractivity contribution in [2.75, 3.05) is 39.8 Å². The predicted molar refractivity (Wildman–Crippen MR) is 72.4 cm³/mol. The number of nitrogens with zero attached hydrogens (tertiary/aromatic N) is 1. The maximum absolute atomic E-state index is 9.78. The first-order valence-corrected chi connectivity index (χ1v) is 6.50. The van der Waals surface area contributed by atoms with Crippen molar-refractivity contribution in [2.24, 2.45) is 0 Å². The van der Waals surface area contributed by atoms with Crippen molar-refractivity contribution >= 4 is 0 Å². The largest absolute Gasteiger partial charge is 0.508 e. The number of hydrogen-bond donors (Lipinski definition) is 2. The van der Waals surface area contributed by atoms with Crippen LogP contribution in [0.5, 0.6) is 11.5 Å². The van der Waals surface area contributed by atoms with Crippen molar-refractivity contribution in [3.63, 3.8) is 0 Å². The molecule has 1 fully saturated rings. The molecular formula is C14H22N2O2. The van der Waals surface area contributed by atoms with Crippen LogP contribution in [0, 0.1) is 6.92 Å². The van der Waals surface area contributed by atoms with Crippen LogP contribution in [0.15, 0.2) is 12.1 Å². The highest BCUT2D eigenvalue weighted by atomic mass is 16.5. The SMILES string of the molecule is COc1cc(C)c(O)cc1CCN1CCNCC1. The van der Waals surface area contributed by atoms with Crippen LogP contribution in [0.1, 0.15) is 11.1 Å². The Morgan fingerprint density at radius 2 is 2.06 bits per heavy atom. The molecule has 4 nitrogen and oxygen atoms in total. The highest BCUT2D eigenvalue weighted by Gasteiger charge is 2.12. The van der Waals surface area contributed by atoms with Gasteiger partial charge >= 0.3 is 0 Å². The minimum Gasteiger partial charge on any atom is -0.508 e. The number of hydrogen-bond acceptors (Lipinski definition) is 4. The Kier molecular flexibility index (Phi) is 4.44. The molecule has 2 rings (SSSR count). The van der Waals surface area contributed by atoms with Crippen LogP contribution in [0.3, 0.4) is 0 Å². The summed E-state index contributed by atoms with van der Waals surface area (Å²) in [5, 5.41) is 13.1. The number of ether oxygens (including phenoxy) is 1. The van der Waals surface area contributed by atoms with Gasteiger partial charge in [0.25, 0.3) is 0 Å². The van der Waals surface area contributed by atoms with Crippen LogP contribution < -0.4 is 10.1 Å². The van der Waals surface area contributed by atoms with Crippen LogP contribution in [-0.2, 0) is 6.42 Å². The maximum atomic E-state index is 9.78. The molecule has 2 N–H and O–H groups in total. The fourth-order valence-corrected chi connectivity index (χ4v) is 2.31. The van der Waals surface area contributed by atoms with Gasteiger partial charge in [0, 0.05) is 32.7 Å². The van der Waals surface area contributed by atoms with Gasteiger partial charge in [-0.25, -0.2) is 0 Å². The van der Waals surface area contributed by atoms with Crippen molar-refractivity contribution in [3.8, 4) is 11.5 Å². The zero-order valence-electron chi connectivity index (χ0n) is 11.2. The molecule has 0 atom stereocenters.